The number of carbonyl (C=O) groups excluding carboxylic acids is 1. The van der Waals surface area contributed by atoms with Gasteiger partial charge in [-0.1, -0.05) is 32.0 Å². The third-order valence-corrected chi connectivity index (χ3v) is 3.14. The van der Waals surface area contributed by atoms with E-state index in [0.717, 1.165) is 16.6 Å². The molecule has 0 amide bonds. The molecule has 0 fully saturated rings. The molecule has 3 aromatic rings. The first kappa shape index (κ1) is 15.9. The quantitative estimate of drug-likeness (QED) is 0.686. The van der Waals surface area contributed by atoms with Crippen molar-refractivity contribution in [2.45, 2.75) is 13.8 Å². The average Bonchev–Trinajstić information content (AvgIpc) is 3.01. The lowest BCUT2D eigenvalue weighted by Crippen LogP contribution is -2.07. The van der Waals surface area contributed by atoms with Crippen LogP contribution in [0.4, 0.5) is 0 Å². The normalized spacial score (nSPS) is 10.1. The second kappa shape index (κ2) is 7.52. The van der Waals surface area contributed by atoms with Gasteiger partial charge in [0.05, 0.1) is 11.2 Å². The summed E-state index contributed by atoms with van der Waals surface area (Å²) in [5.74, 6) is -0.0234. The van der Waals surface area contributed by atoms with Crippen LogP contribution in [-0.4, -0.2) is 29.3 Å². The number of nitrogens with zero attached hydrogens (tertiary/aromatic N) is 2. The summed E-state index contributed by atoms with van der Waals surface area (Å²) in [5.41, 5.74) is 2.52. The predicted molar refractivity (Wildman–Crippen MR) is 88.6 cm³/mol. The van der Waals surface area contributed by atoms with Gasteiger partial charge in [0.15, 0.2) is 5.78 Å². The molecule has 2 aromatic carbocycles. The standard InChI is InChI=1S/C16H14N2O2.C2H6/c1-20-11-16(19)12-6-8-14(9-7-12)18-10-13-4-2-3-5-15(13)17-18;1-2/h2-10H,11H2,1H3;1-2H3. The van der Waals surface area contributed by atoms with Crippen molar-refractivity contribution in [1.29, 1.82) is 0 Å². The number of hydrogen-bond acceptors (Lipinski definition) is 3. The molecular formula is C18H20N2O2. The SMILES string of the molecule is CC.COCC(=O)c1ccc(-n2cc3ccccc3n2)cc1. The fraction of sp³-hybridized carbons (Fsp3) is 0.222. The van der Waals surface area contributed by atoms with Gasteiger partial charge in [-0.15, -0.1) is 0 Å². The zero-order valence-electron chi connectivity index (χ0n) is 13.1. The van der Waals surface area contributed by atoms with E-state index < -0.39 is 0 Å². The summed E-state index contributed by atoms with van der Waals surface area (Å²) in [5, 5.41) is 5.59. The minimum absolute atomic E-state index is 0.0234. The number of carbonyl (C=O) groups is 1. The van der Waals surface area contributed by atoms with Crippen LogP contribution in [0.5, 0.6) is 0 Å². The van der Waals surface area contributed by atoms with Crippen LogP contribution in [-0.2, 0) is 4.74 Å². The maximum Gasteiger partial charge on any atom is 0.188 e. The van der Waals surface area contributed by atoms with Crippen LogP contribution in [0.15, 0.2) is 54.7 Å². The van der Waals surface area contributed by atoms with Crippen molar-refractivity contribution >= 4 is 16.7 Å². The van der Waals surface area contributed by atoms with Gasteiger partial charge in [-0.25, -0.2) is 4.68 Å². The number of Topliss-reactive ketones (excluding diaryl/α,β-unsaturated/α-hetero) is 1. The van der Waals surface area contributed by atoms with E-state index in [2.05, 4.69) is 5.10 Å². The first-order valence-corrected chi connectivity index (χ1v) is 7.35. The molecular weight excluding hydrogens is 276 g/mol. The molecule has 0 saturated carbocycles. The summed E-state index contributed by atoms with van der Waals surface area (Å²) in [6.45, 7) is 4.10. The third-order valence-electron chi connectivity index (χ3n) is 3.14. The highest BCUT2D eigenvalue weighted by Crippen LogP contribution is 2.16. The van der Waals surface area contributed by atoms with E-state index in [1.807, 2.05) is 61.1 Å². The zero-order chi connectivity index (χ0) is 15.9. The van der Waals surface area contributed by atoms with Crippen molar-refractivity contribution < 1.29 is 9.53 Å². The van der Waals surface area contributed by atoms with Crippen LogP contribution in [0.3, 0.4) is 0 Å². The lowest BCUT2D eigenvalue weighted by atomic mass is 10.1. The van der Waals surface area contributed by atoms with Gasteiger partial charge < -0.3 is 4.74 Å². The monoisotopic (exact) mass is 296 g/mol. The van der Waals surface area contributed by atoms with Crippen LogP contribution in [0, 0.1) is 0 Å². The molecule has 0 atom stereocenters. The molecule has 1 heterocycles. The molecule has 0 aliphatic carbocycles. The number of ketones is 1. The van der Waals surface area contributed by atoms with E-state index in [1.165, 1.54) is 7.11 Å². The van der Waals surface area contributed by atoms with E-state index in [9.17, 15) is 4.79 Å². The summed E-state index contributed by atoms with van der Waals surface area (Å²) >= 11 is 0. The highest BCUT2D eigenvalue weighted by atomic mass is 16.5. The van der Waals surface area contributed by atoms with Gasteiger partial charge in [-0.2, -0.15) is 5.10 Å². The van der Waals surface area contributed by atoms with Gasteiger partial charge >= 0.3 is 0 Å². The second-order valence-corrected chi connectivity index (χ2v) is 4.54. The molecule has 22 heavy (non-hydrogen) atoms. The molecule has 0 bridgehead atoms. The van der Waals surface area contributed by atoms with Crippen LogP contribution in [0.1, 0.15) is 24.2 Å². The largest absolute Gasteiger partial charge is 0.377 e. The Balaban J connectivity index is 0.000000847. The van der Waals surface area contributed by atoms with Crippen molar-refractivity contribution in [1.82, 2.24) is 9.78 Å². The molecule has 114 valence electrons. The summed E-state index contributed by atoms with van der Waals surface area (Å²) in [4.78, 5) is 11.7. The summed E-state index contributed by atoms with van der Waals surface area (Å²) in [7, 11) is 1.52. The highest BCUT2D eigenvalue weighted by molar-refractivity contribution is 5.97. The topological polar surface area (TPSA) is 44.1 Å². The molecule has 0 aliphatic rings. The Labute approximate surface area is 130 Å². The number of benzene rings is 2. The Morgan fingerprint density at radius 2 is 1.77 bits per heavy atom. The Hall–Kier alpha value is -2.46. The number of aromatic nitrogens is 2. The van der Waals surface area contributed by atoms with Crippen molar-refractivity contribution in [2.75, 3.05) is 13.7 Å². The van der Waals surface area contributed by atoms with Gasteiger partial charge in [0.1, 0.15) is 6.61 Å². The van der Waals surface area contributed by atoms with Crippen molar-refractivity contribution in [3.8, 4) is 5.69 Å². The lowest BCUT2D eigenvalue weighted by molar-refractivity contribution is 0.0848. The van der Waals surface area contributed by atoms with Gasteiger partial charge in [0, 0.05) is 24.3 Å². The van der Waals surface area contributed by atoms with E-state index in [0.29, 0.717) is 5.56 Å². The number of fused-ring (bicyclic) bond motifs is 1. The van der Waals surface area contributed by atoms with Crippen LogP contribution in [0.2, 0.25) is 0 Å². The van der Waals surface area contributed by atoms with Crippen molar-refractivity contribution in [3.05, 3.63) is 60.3 Å². The Bertz CT molecular complexity index is 712. The van der Waals surface area contributed by atoms with Gasteiger partial charge in [0.2, 0.25) is 0 Å². The third kappa shape index (κ3) is 3.40. The summed E-state index contributed by atoms with van der Waals surface area (Å²) in [6.07, 6.45) is 1.97. The summed E-state index contributed by atoms with van der Waals surface area (Å²) in [6, 6.07) is 15.3. The first-order valence-electron chi connectivity index (χ1n) is 7.35. The van der Waals surface area contributed by atoms with E-state index in [4.69, 9.17) is 4.74 Å². The number of rotatable bonds is 4. The molecule has 4 heteroatoms. The minimum atomic E-state index is -0.0234. The maximum absolute atomic E-state index is 11.7. The van der Waals surface area contributed by atoms with Crippen LogP contribution >= 0.6 is 0 Å². The highest BCUT2D eigenvalue weighted by Gasteiger charge is 2.06. The average molecular weight is 296 g/mol. The predicted octanol–water partition coefficient (Wildman–Crippen LogP) is 3.88. The van der Waals surface area contributed by atoms with Gasteiger partial charge in [-0.05, 0) is 30.3 Å². The van der Waals surface area contributed by atoms with E-state index in [-0.39, 0.29) is 12.4 Å². The fourth-order valence-electron chi connectivity index (χ4n) is 2.11. The Morgan fingerprint density at radius 1 is 1.09 bits per heavy atom. The van der Waals surface area contributed by atoms with E-state index >= 15 is 0 Å². The zero-order valence-corrected chi connectivity index (χ0v) is 13.1. The van der Waals surface area contributed by atoms with E-state index in [1.54, 1.807) is 12.1 Å². The molecule has 0 radical (unpaired) electrons. The lowest BCUT2D eigenvalue weighted by Gasteiger charge is -2.03. The minimum Gasteiger partial charge on any atom is -0.377 e. The van der Waals surface area contributed by atoms with Gasteiger partial charge in [0.25, 0.3) is 0 Å². The molecule has 0 aliphatic heterocycles. The molecule has 0 N–H and O–H groups in total. The van der Waals surface area contributed by atoms with Gasteiger partial charge in [-0.3, -0.25) is 4.79 Å². The Kier molecular flexibility index (Phi) is 5.44. The molecule has 3 rings (SSSR count). The first-order chi connectivity index (χ1) is 10.8. The second-order valence-electron chi connectivity index (χ2n) is 4.54. The number of hydrogen-bond donors (Lipinski definition) is 0. The van der Waals surface area contributed by atoms with Crippen LogP contribution in [0.25, 0.3) is 16.6 Å². The maximum atomic E-state index is 11.7. The smallest absolute Gasteiger partial charge is 0.188 e. The van der Waals surface area contributed by atoms with Crippen molar-refractivity contribution in [3.63, 3.8) is 0 Å². The molecule has 0 saturated heterocycles. The summed E-state index contributed by atoms with van der Waals surface area (Å²) < 4.78 is 6.66. The van der Waals surface area contributed by atoms with Crippen molar-refractivity contribution in [2.24, 2.45) is 0 Å². The number of methoxy groups -OCH3 is 1. The number of ether oxygens (including phenoxy) is 1. The molecule has 1 aromatic heterocycles. The van der Waals surface area contributed by atoms with Crippen LogP contribution < -0.4 is 0 Å². The molecule has 0 unspecified atom stereocenters. The fourth-order valence-corrected chi connectivity index (χ4v) is 2.11. The Morgan fingerprint density at radius 3 is 2.41 bits per heavy atom. The molecule has 0 spiro atoms. The molecule has 4 nitrogen and oxygen atoms in total.